The molecule has 0 radical (unpaired) electrons. The van der Waals surface area contributed by atoms with Crippen molar-refractivity contribution in [1.29, 1.82) is 0 Å². The van der Waals surface area contributed by atoms with Crippen molar-refractivity contribution in [3.63, 3.8) is 0 Å². The van der Waals surface area contributed by atoms with Gasteiger partial charge in [0.2, 0.25) is 0 Å². The molecule has 0 bridgehead atoms. The van der Waals surface area contributed by atoms with Crippen LogP contribution in [0.1, 0.15) is 18.2 Å². The van der Waals surface area contributed by atoms with Crippen LogP contribution in [0.5, 0.6) is 0 Å². The Bertz CT molecular complexity index is 798. The summed E-state index contributed by atoms with van der Waals surface area (Å²) >= 11 is 0. The highest BCUT2D eigenvalue weighted by molar-refractivity contribution is 5.65. The number of aryl methyl sites for hydroxylation is 1. The monoisotopic (exact) mass is 297 g/mol. The maximum Gasteiger partial charge on any atom is 0.123 e. The van der Waals surface area contributed by atoms with Crippen LogP contribution in [-0.4, -0.2) is 20.1 Å². The van der Waals surface area contributed by atoms with E-state index in [0.29, 0.717) is 17.0 Å². The Morgan fingerprint density at radius 3 is 2.68 bits per heavy atom. The summed E-state index contributed by atoms with van der Waals surface area (Å²) in [6, 6.07) is 14.1. The zero-order chi connectivity index (χ0) is 15.5. The van der Waals surface area contributed by atoms with Gasteiger partial charge < -0.3 is 5.11 Å². The van der Waals surface area contributed by atoms with E-state index in [1.165, 1.54) is 12.1 Å². The fraction of sp³-hybridized carbons (Fsp3) is 0.176. The molecule has 0 saturated carbocycles. The lowest BCUT2D eigenvalue weighted by Gasteiger charge is -2.11. The van der Waals surface area contributed by atoms with E-state index in [-0.39, 0.29) is 12.4 Å². The average molecular weight is 297 g/mol. The second kappa shape index (κ2) is 6.07. The van der Waals surface area contributed by atoms with Crippen LogP contribution < -0.4 is 0 Å². The zero-order valence-electron chi connectivity index (χ0n) is 12.2. The minimum absolute atomic E-state index is 0.250. The maximum absolute atomic E-state index is 13.6. The van der Waals surface area contributed by atoms with Crippen LogP contribution in [0.3, 0.4) is 0 Å². The van der Waals surface area contributed by atoms with E-state index in [0.717, 1.165) is 17.7 Å². The Hall–Kier alpha value is -2.53. The van der Waals surface area contributed by atoms with Crippen LogP contribution in [0.25, 0.3) is 16.9 Å². The summed E-state index contributed by atoms with van der Waals surface area (Å²) in [6.07, 6.45) is 0.840. The zero-order valence-corrected chi connectivity index (χ0v) is 12.2. The molecule has 22 heavy (non-hydrogen) atoms. The third-order valence-corrected chi connectivity index (χ3v) is 3.59. The molecule has 3 rings (SSSR count). The summed E-state index contributed by atoms with van der Waals surface area (Å²) in [5.74, 6) is -0.335. The largest absolute Gasteiger partial charge is 0.390 e. The van der Waals surface area contributed by atoms with Crippen LogP contribution in [-0.2, 0) is 13.0 Å². The molecule has 4 nitrogen and oxygen atoms in total. The lowest BCUT2D eigenvalue weighted by Crippen LogP contribution is -2.03. The van der Waals surface area contributed by atoms with E-state index >= 15 is 0 Å². The van der Waals surface area contributed by atoms with Gasteiger partial charge in [-0.3, -0.25) is 0 Å². The number of hydrogen-bond acceptors (Lipinski definition) is 3. The summed E-state index contributed by atoms with van der Waals surface area (Å²) in [5, 5.41) is 17.7. The third kappa shape index (κ3) is 2.51. The number of aromatic nitrogens is 3. The van der Waals surface area contributed by atoms with E-state index < -0.39 is 0 Å². The van der Waals surface area contributed by atoms with Gasteiger partial charge in [-0.1, -0.05) is 42.5 Å². The molecule has 1 heterocycles. The van der Waals surface area contributed by atoms with Crippen molar-refractivity contribution in [2.75, 3.05) is 0 Å². The van der Waals surface area contributed by atoms with Crippen molar-refractivity contribution in [1.82, 2.24) is 15.0 Å². The van der Waals surface area contributed by atoms with E-state index in [1.807, 2.05) is 24.3 Å². The molecule has 1 aromatic heterocycles. The van der Waals surface area contributed by atoms with Crippen molar-refractivity contribution in [3.8, 4) is 16.9 Å². The molecule has 5 heteroatoms. The van der Waals surface area contributed by atoms with Crippen LogP contribution in [0, 0.1) is 5.82 Å². The van der Waals surface area contributed by atoms with E-state index in [2.05, 4.69) is 17.2 Å². The second-order valence-corrected chi connectivity index (χ2v) is 4.95. The molecular formula is C17H16FN3O. The molecule has 0 atom stereocenters. The molecule has 0 aliphatic heterocycles. The van der Waals surface area contributed by atoms with Gasteiger partial charge in [0.05, 0.1) is 12.3 Å². The molecule has 0 aliphatic carbocycles. The number of rotatable bonds is 4. The summed E-state index contributed by atoms with van der Waals surface area (Å²) in [4.78, 5) is 0. The van der Waals surface area contributed by atoms with Gasteiger partial charge >= 0.3 is 0 Å². The number of aliphatic hydroxyl groups is 1. The highest BCUT2D eigenvalue weighted by Crippen LogP contribution is 2.27. The lowest BCUT2D eigenvalue weighted by molar-refractivity contribution is 0.277. The Morgan fingerprint density at radius 1 is 1.14 bits per heavy atom. The number of halogens is 1. The first-order valence-electron chi connectivity index (χ1n) is 7.14. The summed E-state index contributed by atoms with van der Waals surface area (Å²) in [7, 11) is 0. The Kier molecular flexibility index (Phi) is 3.98. The number of para-hydroxylation sites is 1. The van der Waals surface area contributed by atoms with Crippen molar-refractivity contribution < 1.29 is 9.50 Å². The van der Waals surface area contributed by atoms with Crippen molar-refractivity contribution in [3.05, 3.63) is 65.6 Å². The van der Waals surface area contributed by atoms with E-state index in [1.54, 1.807) is 16.8 Å². The molecule has 0 spiro atoms. The fourth-order valence-electron chi connectivity index (χ4n) is 2.53. The molecule has 112 valence electrons. The topological polar surface area (TPSA) is 50.9 Å². The third-order valence-electron chi connectivity index (χ3n) is 3.59. The van der Waals surface area contributed by atoms with E-state index in [9.17, 15) is 9.50 Å². The van der Waals surface area contributed by atoms with Crippen molar-refractivity contribution in [2.24, 2.45) is 0 Å². The number of aliphatic hydroxyl groups excluding tert-OH is 1. The molecule has 2 aromatic carbocycles. The summed E-state index contributed by atoms with van der Waals surface area (Å²) < 4.78 is 15.2. The molecule has 0 fully saturated rings. The SMILES string of the molecule is CCc1ccccc1-n1nnc(CO)c1-c1cccc(F)c1. The van der Waals surface area contributed by atoms with E-state index in [4.69, 9.17) is 0 Å². The molecule has 0 saturated heterocycles. The van der Waals surface area contributed by atoms with Crippen molar-refractivity contribution >= 4 is 0 Å². The van der Waals surface area contributed by atoms with Gasteiger partial charge in [-0.2, -0.15) is 0 Å². The first-order valence-corrected chi connectivity index (χ1v) is 7.14. The quantitative estimate of drug-likeness (QED) is 0.805. The van der Waals surface area contributed by atoms with Gasteiger partial charge in [0.1, 0.15) is 17.2 Å². The van der Waals surface area contributed by atoms with Crippen LogP contribution in [0.4, 0.5) is 4.39 Å². The molecule has 3 aromatic rings. The molecule has 0 unspecified atom stereocenters. The minimum Gasteiger partial charge on any atom is -0.390 e. The fourth-order valence-corrected chi connectivity index (χ4v) is 2.53. The number of nitrogens with zero attached hydrogens (tertiary/aromatic N) is 3. The Labute approximate surface area is 127 Å². The van der Waals surface area contributed by atoms with Crippen LogP contribution in [0.15, 0.2) is 48.5 Å². The Morgan fingerprint density at radius 2 is 1.95 bits per heavy atom. The average Bonchev–Trinajstić information content (AvgIpc) is 2.98. The minimum atomic E-state index is -0.335. The van der Waals surface area contributed by atoms with Gasteiger partial charge in [0.25, 0.3) is 0 Å². The molecule has 1 N–H and O–H groups in total. The highest BCUT2D eigenvalue weighted by Gasteiger charge is 2.17. The normalized spacial score (nSPS) is 10.9. The molecular weight excluding hydrogens is 281 g/mol. The maximum atomic E-state index is 13.6. The first-order chi connectivity index (χ1) is 10.7. The molecule has 0 amide bonds. The van der Waals surface area contributed by atoms with Gasteiger partial charge in [0, 0.05) is 5.56 Å². The predicted molar refractivity (Wildman–Crippen MR) is 82.1 cm³/mol. The lowest BCUT2D eigenvalue weighted by atomic mass is 10.1. The van der Waals surface area contributed by atoms with Gasteiger partial charge in [-0.05, 0) is 30.2 Å². The van der Waals surface area contributed by atoms with Gasteiger partial charge in [-0.25, -0.2) is 9.07 Å². The Balaban J connectivity index is 2.24. The first kappa shape index (κ1) is 14.4. The number of hydrogen-bond donors (Lipinski definition) is 1. The summed E-state index contributed by atoms with van der Waals surface area (Å²) in [5.41, 5.74) is 3.67. The van der Waals surface area contributed by atoms with Crippen molar-refractivity contribution in [2.45, 2.75) is 20.0 Å². The summed E-state index contributed by atoms with van der Waals surface area (Å²) in [6.45, 7) is 1.81. The standard InChI is InChI=1S/C17H16FN3O/c1-2-12-6-3-4-9-16(12)21-17(15(11-22)19-20-21)13-7-5-8-14(18)10-13/h3-10,22H,2,11H2,1H3. The second-order valence-electron chi connectivity index (χ2n) is 4.95. The highest BCUT2D eigenvalue weighted by atomic mass is 19.1. The predicted octanol–water partition coefficient (Wildman–Crippen LogP) is 3.13. The van der Waals surface area contributed by atoms with Gasteiger partial charge in [0.15, 0.2) is 0 Å². The van der Waals surface area contributed by atoms with Crippen LogP contribution in [0.2, 0.25) is 0 Å². The smallest absolute Gasteiger partial charge is 0.123 e. The van der Waals surface area contributed by atoms with Gasteiger partial charge in [-0.15, -0.1) is 5.10 Å². The number of benzene rings is 2. The van der Waals surface area contributed by atoms with Crippen LogP contribution >= 0.6 is 0 Å². The molecule has 0 aliphatic rings.